The van der Waals surface area contributed by atoms with E-state index in [-0.39, 0.29) is 0 Å². The standard InChI is InChI=1S/C7H11FN2O/c1-11-10-7(8)6-3-2-4-9-5-6/h3,9H,2,4-5H2,1H3/b10-7-. The number of oxime groups is 1. The van der Waals surface area contributed by atoms with Gasteiger partial charge in [-0.1, -0.05) is 11.2 Å². The summed E-state index contributed by atoms with van der Waals surface area (Å²) in [4.78, 5) is 4.30. The lowest BCUT2D eigenvalue weighted by atomic mass is 10.1. The van der Waals surface area contributed by atoms with Crippen molar-refractivity contribution in [3.8, 4) is 0 Å². The first kappa shape index (κ1) is 8.20. The van der Waals surface area contributed by atoms with E-state index in [0.29, 0.717) is 12.1 Å². The van der Waals surface area contributed by atoms with Gasteiger partial charge in [0.2, 0.25) is 0 Å². The highest BCUT2D eigenvalue weighted by atomic mass is 19.1. The lowest BCUT2D eigenvalue weighted by molar-refractivity contribution is 0.209. The van der Waals surface area contributed by atoms with Gasteiger partial charge in [-0.3, -0.25) is 0 Å². The molecule has 0 amide bonds. The van der Waals surface area contributed by atoms with E-state index in [2.05, 4.69) is 15.3 Å². The van der Waals surface area contributed by atoms with Crippen LogP contribution in [-0.4, -0.2) is 26.2 Å². The predicted octanol–water partition coefficient (Wildman–Crippen LogP) is 0.835. The van der Waals surface area contributed by atoms with Gasteiger partial charge in [-0.25, -0.2) is 0 Å². The van der Waals surface area contributed by atoms with Crippen LogP contribution in [0.15, 0.2) is 16.8 Å². The Morgan fingerprint density at radius 3 is 3.18 bits per heavy atom. The van der Waals surface area contributed by atoms with Gasteiger partial charge in [0.05, 0.1) is 0 Å². The van der Waals surface area contributed by atoms with Crippen LogP contribution in [0.5, 0.6) is 0 Å². The molecule has 0 fully saturated rings. The van der Waals surface area contributed by atoms with Crippen LogP contribution in [0.25, 0.3) is 0 Å². The molecule has 4 heteroatoms. The minimum atomic E-state index is -0.528. The molecular weight excluding hydrogens is 147 g/mol. The second kappa shape index (κ2) is 4.08. The molecule has 0 saturated heterocycles. The van der Waals surface area contributed by atoms with Crippen molar-refractivity contribution in [2.24, 2.45) is 5.16 Å². The Morgan fingerprint density at radius 2 is 2.64 bits per heavy atom. The van der Waals surface area contributed by atoms with Crippen molar-refractivity contribution in [2.45, 2.75) is 6.42 Å². The van der Waals surface area contributed by atoms with Crippen molar-refractivity contribution in [1.29, 1.82) is 0 Å². The third-order valence-electron chi connectivity index (χ3n) is 1.46. The van der Waals surface area contributed by atoms with E-state index in [9.17, 15) is 4.39 Å². The van der Waals surface area contributed by atoms with Crippen LogP contribution >= 0.6 is 0 Å². The number of rotatable bonds is 2. The van der Waals surface area contributed by atoms with Crippen LogP contribution in [0.2, 0.25) is 0 Å². The zero-order valence-electron chi connectivity index (χ0n) is 6.43. The summed E-state index contributed by atoms with van der Waals surface area (Å²) in [5.41, 5.74) is 0.582. The van der Waals surface area contributed by atoms with Crippen molar-refractivity contribution >= 4 is 5.97 Å². The summed E-state index contributed by atoms with van der Waals surface area (Å²) in [6.07, 6.45) is 2.68. The van der Waals surface area contributed by atoms with Crippen molar-refractivity contribution in [1.82, 2.24) is 5.32 Å². The topological polar surface area (TPSA) is 33.6 Å². The molecule has 1 aliphatic heterocycles. The summed E-state index contributed by atoms with van der Waals surface area (Å²) in [7, 11) is 1.33. The molecule has 0 atom stereocenters. The summed E-state index contributed by atoms with van der Waals surface area (Å²) in [6, 6.07) is 0. The molecule has 0 spiro atoms. The highest BCUT2D eigenvalue weighted by molar-refractivity contribution is 5.92. The molecule has 0 unspecified atom stereocenters. The van der Waals surface area contributed by atoms with Crippen LogP contribution < -0.4 is 5.32 Å². The van der Waals surface area contributed by atoms with Gasteiger partial charge in [-0.15, -0.1) is 0 Å². The van der Waals surface area contributed by atoms with Crippen LogP contribution in [0.4, 0.5) is 4.39 Å². The summed E-state index contributed by atoms with van der Waals surface area (Å²) in [5, 5.41) is 6.22. The molecule has 1 heterocycles. The Morgan fingerprint density at radius 1 is 1.82 bits per heavy atom. The Balaban J connectivity index is 2.58. The molecule has 0 radical (unpaired) electrons. The Kier molecular flexibility index (Phi) is 3.04. The second-order valence-electron chi connectivity index (χ2n) is 2.26. The maximum Gasteiger partial charge on any atom is 0.253 e. The molecule has 0 bridgehead atoms. The third-order valence-corrected chi connectivity index (χ3v) is 1.46. The molecule has 1 aliphatic rings. The minimum Gasteiger partial charge on any atom is -0.397 e. The van der Waals surface area contributed by atoms with Crippen LogP contribution in [0.1, 0.15) is 6.42 Å². The van der Waals surface area contributed by atoms with Gasteiger partial charge in [0.25, 0.3) is 5.97 Å². The highest BCUT2D eigenvalue weighted by Gasteiger charge is 2.08. The molecule has 3 nitrogen and oxygen atoms in total. The SMILES string of the molecule is CO/N=C(\F)C1=CCCNC1. The summed E-state index contributed by atoms with van der Waals surface area (Å²) in [5.74, 6) is -0.528. The van der Waals surface area contributed by atoms with Crippen LogP contribution in [-0.2, 0) is 4.84 Å². The first-order chi connectivity index (χ1) is 5.34. The molecule has 0 aromatic heterocycles. The van der Waals surface area contributed by atoms with E-state index in [1.54, 1.807) is 0 Å². The third kappa shape index (κ3) is 2.31. The highest BCUT2D eigenvalue weighted by Crippen LogP contribution is 2.04. The van der Waals surface area contributed by atoms with E-state index in [1.165, 1.54) is 7.11 Å². The number of halogens is 1. The monoisotopic (exact) mass is 158 g/mol. The largest absolute Gasteiger partial charge is 0.397 e. The van der Waals surface area contributed by atoms with Gasteiger partial charge >= 0.3 is 0 Å². The van der Waals surface area contributed by atoms with Gasteiger partial charge in [0.1, 0.15) is 7.11 Å². The molecule has 1 rings (SSSR count). The first-order valence-corrected chi connectivity index (χ1v) is 3.51. The maximum atomic E-state index is 12.8. The quantitative estimate of drug-likeness (QED) is 0.477. The summed E-state index contributed by atoms with van der Waals surface area (Å²) >= 11 is 0. The Hall–Kier alpha value is -0.900. The molecule has 1 N–H and O–H groups in total. The number of nitrogens with one attached hydrogen (secondary N) is 1. The molecule has 0 aromatic carbocycles. The Labute approximate surface area is 64.9 Å². The number of hydrogen-bond donors (Lipinski definition) is 1. The van der Waals surface area contributed by atoms with E-state index in [1.807, 2.05) is 6.08 Å². The first-order valence-electron chi connectivity index (χ1n) is 3.51. The molecule has 0 aliphatic carbocycles. The normalized spacial score (nSPS) is 19.5. The van der Waals surface area contributed by atoms with Gasteiger partial charge in [0, 0.05) is 12.1 Å². The van der Waals surface area contributed by atoms with E-state index < -0.39 is 5.97 Å². The summed E-state index contributed by atoms with van der Waals surface area (Å²) in [6.45, 7) is 1.45. The van der Waals surface area contributed by atoms with E-state index in [0.717, 1.165) is 13.0 Å². The maximum absolute atomic E-state index is 12.8. The van der Waals surface area contributed by atoms with E-state index in [4.69, 9.17) is 0 Å². The zero-order valence-corrected chi connectivity index (χ0v) is 6.43. The molecular formula is C7H11FN2O. The van der Waals surface area contributed by atoms with Gasteiger partial charge in [-0.2, -0.15) is 4.39 Å². The van der Waals surface area contributed by atoms with Gasteiger partial charge < -0.3 is 10.2 Å². The average Bonchev–Trinajstić information content (AvgIpc) is 2.07. The fourth-order valence-corrected chi connectivity index (χ4v) is 0.940. The van der Waals surface area contributed by atoms with Crippen molar-refractivity contribution in [2.75, 3.05) is 20.2 Å². The Bertz CT molecular complexity index is 189. The second-order valence-corrected chi connectivity index (χ2v) is 2.26. The smallest absolute Gasteiger partial charge is 0.253 e. The number of nitrogens with zero attached hydrogens (tertiary/aromatic N) is 1. The lowest BCUT2D eigenvalue weighted by Crippen LogP contribution is -2.24. The predicted molar refractivity (Wildman–Crippen MR) is 41.1 cm³/mol. The van der Waals surface area contributed by atoms with Crippen molar-refractivity contribution < 1.29 is 9.23 Å². The molecule has 11 heavy (non-hydrogen) atoms. The van der Waals surface area contributed by atoms with Crippen molar-refractivity contribution in [3.63, 3.8) is 0 Å². The average molecular weight is 158 g/mol. The summed E-state index contributed by atoms with van der Waals surface area (Å²) < 4.78 is 12.8. The number of hydrogen-bond acceptors (Lipinski definition) is 3. The van der Waals surface area contributed by atoms with Gasteiger partial charge in [0.15, 0.2) is 0 Å². The van der Waals surface area contributed by atoms with Gasteiger partial charge in [-0.05, 0) is 13.0 Å². The minimum absolute atomic E-state index is 0.528. The fourth-order valence-electron chi connectivity index (χ4n) is 0.940. The van der Waals surface area contributed by atoms with Crippen LogP contribution in [0.3, 0.4) is 0 Å². The molecule has 62 valence electrons. The fraction of sp³-hybridized carbons (Fsp3) is 0.571. The van der Waals surface area contributed by atoms with E-state index >= 15 is 0 Å². The molecule has 0 saturated carbocycles. The zero-order chi connectivity index (χ0) is 8.10. The lowest BCUT2D eigenvalue weighted by Gasteiger charge is -2.10. The molecule has 0 aromatic rings. The van der Waals surface area contributed by atoms with Crippen LogP contribution in [0, 0.1) is 0 Å². The van der Waals surface area contributed by atoms with Crippen molar-refractivity contribution in [3.05, 3.63) is 11.6 Å².